The monoisotopic (exact) mass is 1140 g/mol. The maximum absolute atomic E-state index is 3.72. The zero-order chi connectivity index (χ0) is 52.9. The van der Waals surface area contributed by atoms with Crippen LogP contribution < -0.4 is 0 Å². The van der Waals surface area contributed by atoms with Gasteiger partial charge < -0.3 is 0 Å². The van der Waals surface area contributed by atoms with E-state index in [0.717, 1.165) is 47.9 Å². The SMILES string of the molecule is CC.CC.CC.CC.CCc1[c-]c(-c2[c-]cccc2)c(Cc2cc(-c3ccccc3)cc(-c3ccccc3)c2)cc1.CCc1ccc(Cc2cc(-c3ccccc3)cc(-c3ccccc3)c2)[c-]c1-c1[c-]cccc1.[Y].[Y]. The van der Waals surface area contributed by atoms with E-state index in [-0.39, 0.29) is 65.4 Å². The van der Waals surface area contributed by atoms with Crippen molar-refractivity contribution in [2.75, 3.05) is 0 Å². The molecule has 0 bridgehead atoms. The summed E-state index contributed by atoms with van der Waals surface area (Å²) in [7, 11) is 0. The van der Waals surface area contributed by atoms with E-state index in [4.69, 9.17) is 0 Å². The Kier molecular flexibility index (Phi) is 31.0. The van der Waals surface area contributed by atoms with Crippen LogP contribution in [0.3, 0.4) is 0 Å². The first-order valence-electron chi connectivity index (χ1n) is 27.1. The third kappa shape index (κ3) is 18.9. The molecule has 0 unspecified atom stereocenters. The third-order valence-corrected chi connectivity index (χ3v) is 12.1. The predicted molar refractivity (Wildman–Crippen MR) is 323 cm³/mol. The Balaban J connectivity index is 0.000000346. The average molecular weight is 1140 g/mol. The van der Waals surface area contributed by atoms with Crippen molar-refractivity contribution in [2.45, 2.75) is 94.9 Å². The van der Waals surface area contributed by atoms with Gasteiger partial charge in [-0.15, -0.1) is 35.4 Å². The summed E-state index contributed by atoms with van der Waals surface area (Å²) in [5.74, 6) is 0. The summed E-state index contributed by atoms with van der Waals surface area (Å²) in [6.45, 7) is 20.4. The van der Waals surface area contributed by atoms with Crippen LogP contribution >= 0.6 is 0 Å². The molecular weight excluding hydrogens is 1070 g/mol. The van der Waals surface area contributed by atoms with Crippen molar-refractivity contribution in [3.63, 3.8) is 0 Å². The van der Waals surface area contributed by atoms with E-state index < -0.39 is 0 Å². The molecule has 0 N–H and O–H groups in total. The number of aryl methyl sites for hydroxylation is 2. The number of hydrogen-bond donors (Lipinski definition) is 0. The minimum Gasteiger partial charge on any atom is -0.226 e. The quantitative estimate of drug-likeness (QED) is 0.107. The van der Waals surface area contributed by atoms with Gasteiger partial charge in [0.2, 0.25) is 0 Å². The minimum absolute atomic E-state index is 0. The summed E-state index contributed by atoms with van der Waals surface area (Å²) >= 11 is 0. The van der Waals surface area contributed by atoms with E-state index in [1.807, 2.05) is 79.7 Å². The van der Waals surface area contributed by atoms with E-state index in [9.17, 15) is 0 Å². The maximum atomic E-state index is 3.72. The molecule has 0 aliphatic rings. The molecule has 2 heteroatoms. The van der Waals surface area contributed by atoms with Gasteiger partial charge in [-0.05, 0) is 81.5 Å². The summed E-state index contributed by atoms with van der Waals surface area (Å²) in [5, 5.41) is 0. The molecule has 0 saturated carbocycles. The Morgan fingerprint density at radius 1 is 0.289 bits per heavy atom. The van der Waals surface area contributed by atoms with Crippen molar-refractivity contribution in [1.82, 2.24) is 0 Å². The van der Waals surface area contributed by atoms with Crippen molar-refractivity contribution < 1.29 is 65.4 Å². The topological polar surface area (TPSA) is 0 Å². The average Bonchev–Trinajstić information content (AvgIpc) is 3.50. The smallest absolute Gasteiger partial charge is 0 e. The van der Waals surface area contributed by atoms with Gasteiger partial charge in [-0.1, -0.05) is 227 Å². The van der Waals surface area contributed by atoms with Crippen LogP contribution in [0.15, 0.2) is 231 Å². The van der Waals surface area contributed by atoms with Crippen LogP contribution in [0.5, 0.6) is 0 Å². The van der Waals surface area contributed by atoms with Crippen LogP contribution in [0.1, 0.15) is 103 Å². The molecule has 10 aromatic carbocycles. The molecule has 382 valence electrons. The molecule has 0 heterocycles. The number of rotatable bonds is 12. The largest absolute Gasteiger partial charge is 0.226 e. The van der Waals surface area contributed by atoms with Crippen molar-refractivity contribution in [3.8, 4) is 66.8 Å². The van der Waals surface area contributed by atoms with Crippen LogP contribution in [0.2, 0.25) is 0 Å². The standard InChI is InChI=1S/2C33H26.4C2H6.2Y/c1-2-27-19-18-25(23-33(27)30-16-10-5-11-17-30)20-26-21-31(28-12-6-3-7-13-28)24-32(22-26)29-14-8-4-9-15-29;1-2-25-18-19-30(33(23-25)29-16-10-5-11-17-29)20-26-21-31(27-12-6-3-7-13-27)24-32(22-26)28-14-8-4-9-15-28;4*1-2;;/h2*3-16,18-19,21-22,24H,2,20H2,1H3;4*1-2H3;;/q2*-2;;;;;;. The van der Waals surface area contributed by atoms with Crippen molar-refractivity contribution >= 4 is 0 Å². The normalized spacial score (nSPS) is 9.71. The fraction of sp³-hybridized carbons (Fsp3) is 0.189. The first-order chi connectivity index (χ1) is 36.6. The molecular formula is C74H76Y2-4. The third-order valence-electron chi connectivity index (χ3n) is 12.1. The van der Waals surface area contributed by atoms with Crippen LogP contribution in [0.4, 0.5) is 0 Å². The molecule has 0 atom stereocenters. The molecule has 0 aromatic heterocycles. The van der Waals surface area contributed by atoms with Crippen LogP contribution in [0, 0.1) is 24.3 Å². The Morgan fingerprint density at radius 3 is 0.974 bits per heavy atom. The van der Waals surface area contributed by atoms with E-state index in [1.165, 1.54) is 77.9 Å². The molecule has 0 nitrogen and oxygen atoms in total. The second-order valence-electron chi connectivity index (χ2n) is 16.7. The van der Waals surface area contributed by atoms with E-state index >= 15 is 0 Å². The molecule has 10 rings (SSSR count). The number of benzene rings is 10. The van der Waals surface area contributed by atoms with E-state index in [1.54, 1.807) is 0 Å². The summed E-state index contributed by atoms with van der Waals surface area (Å²) < 4.78 is 0. The molecule has 0 amide bonds. The molecule has 76 heavy (non-hydrogen) atoms. The minimum atomic E-state index is 0. The van der Waals surface area contributed by atoms with Crippen molar-refractivity contribution in [3.05, 3.63) is 288 Å². The van der Waals surface area contributed by atoms with Gasteiger partial charge in [-0.25, -0.2) is 22.3 Å². The van der Waals surface area contributed by atoms with Crippen molar-refractivity contribution in [2.24, 2.45) is 0 Å². The second kappa shape index (κ2) is 36.4. The second-order valence-corrected chi connectivity index (χ2v) is 16.7. The molecule has 10 aromatic rings. The first kappa shape index (κ1) is 64.7. The fourth-order valence-electron chi connectivity index (χ4n) is 8.68. The molecule has 0 fully saturated rings. The molecule has 0 saturated heterocycles. The fourth-order valence-corrected chi connectivity index (χ4v) is 8.68. The van der Waals surface area contributed by atoms with Gasteiger partial charge >= 0.3 is 0 Å². The predicted octanol–water partition coefficient (Wildman–Crippen LogP) is 21.0. The van der Waals surface area contributed by atoms with Crippen LogP contribution in [-0.2, 0) is 91.1 Å². The number of hydrogen-bond acceptors (Lipinski definition) is 0. The maximum Gasteiger partial charge on any atom is 0 e. The van der Waals surface area contributed by atoms with Gasteiger partial charge in [0.1, 0.15) is 0 Å². The van der Waals surface area contributed by atoms with Gasteiger partial charge in [0.25, 0.3) is 0 Å². The zero-order valence-electron chi connectivity index (χ0n) is 46.9. The Labute approximate surface area is 510 Å². The molecule has 0 aliphatic carbocycles. The summed E-state index contributed by atoms with van der Waals surface area (Å²) in [5.41, 5.74) is 22.1. The van der Waals surface area contributed by atoms with Crippen molar-refractivity contribution in [1.29, 1.82) is 0 Å². The first-order valence-corrected chi connectivity index (χ1v) is 27.1. The molecule has 0 spiro atoms. The summed E-state index contributed by atoms with van der Waals surface area (Å²) in [6, 6.07) is 95.9. The molecule has 0 aliphatic heterocycles. The molecule has 2 radical (unpaired) electrons. The van der Waals surface area contributed by atoms with Gasteiger partial charge in [0.15, 0.2) is 0 Å². The zero-order valence-corrected chi connectivity index (χ0v) is 52.6. The van der Waals surface area contributed by atoms with E-state index in [2.05, 4.69) is 244 Å². The van der Waals surface area contributed by atoms with Crippen LogP contribution in [0.25, 0.3) is 66.8 Å². The summed E-state index contributed by atoms with van der Waals surface area (Å²) in [4.78, 5) is 0. The summed E-state index contributed by atoms with van der Waals surface area (Å²) in [6.07, 6.45) is 3.64. The van der Waals surface area contributed by atoms with Crippen LogP contribution in [-0.4, -0.2) is 0 Å². The van der Waals surface area contributed by atoms with Gasteiger partial charge in [0, 0.05) is 65.4 Å². The Morgan fingerprint density at radius 2 is 0.618 bits per heavy atom. The van der Waals surface area contributed by atoms with Gasteiger partial charge in [-0.3, -0.25) is 0 Å². The Bertz CT molecular complexity index is 3000. The van der Waals surface area contributed by atoms with Gasteiger partial charge in [-0.2, -0.15) is 83.9 Å². The van der Waals surface area contributed by atoms with Gasteiger partial charge in [0.05, 0.1) is 0 Å². The van der Waals surface area contributed by atoms with E-state index in [0.29, 0.717) is 0 Å². The Hall–Kier alpha value is -5.59.